The molecule has 1 aromatic heterocycles. The molecule has 3 rings (SSSR count). The van der Waals surface area contributed by atoms with E-state index in [1.807, 2.05) is 36.1 Å². The Bertz CT molecular complexity index is 784. The van der Waals surface area contributed by atoms with Gasteiger partial charge in [-0.1, -0.05) is 26.0 Å². The first kappa shape index (κ1) is 21.5. The van der Waals surface area contributed by atoms with Crippen molar-refractivity contribution in [1.29, 1.82) is 0 Å². The SMILES string of the molecule is CCN(CC)C1CCN(C(=O)c2cc3cccc(OC)c3nc2C)CC1.Cl. The first-order chi connectivity index (χ1) is 12.6. The maximum absolute atomic E-state index is 13.1. The van der Waals surface area contributed by atoms with Gasteiger partial charge in [-0.25, -0.2) is 4.98 Å². The highest BCUT2D eigenvalue weighted by Gasteiger charge is 2.27. The summed E-state index contributed by atoms with van der Waals surface area (Å²) >= 11 is 0. The lowest BCUT2D eigenvalue weighted by Gasteiger charge is -2.37. The van der Waals surface area contributed by atoms with Crippen LogP contribution in [0.25, 0.3) is 10.9 Å². The van der Waals surface area contributed by atoms with E-state index in [-0.39, 0.29) is 18.3 Å². The van der Waals surface area contributed by atoms with Crippen LogP contribution in [0, 0.1) is 6.92 Å². The monoisotopic (exact) mass is 391 g/mol. The van der Waals surface area contributed by atoms with Crippen LogP contribution in [0.4, 0.5) is 0 Å². The highest BCUT2D eigenvalue weighted by molar-refractivity contribution is 5.99. The topological polar surface area (TPSA) is 45.7 Å². The van der Waals surface area contributed by atoms with Crippen LogP contribution in [-0.2, 0) is 0 Å². The summed E-state index contributed by atoms with van der Waals surface area (Å²) in [6.07, 6.45) is 2.09. The predicted molar refractivity (Wildman–Crippen MR) is 112 cm³/mol. The molecule has 0 atom stereocenters. The number of hydrogen-bond donors (Lipinski definition) is 0. The maximum Gasteiger partial charge on any atom is 0.255 e. The van der Waals surface area contributed by atoms with Crippen LogP contribution in [0.2, 0.25) is 0 Å². The smallest absolute Gasteiger partial charge is 0.255 e. The van der Waals surface area contributed by atoms with Crippen molar-refractivity contribution in [3.05, 3.63) is 35.5 Å². The van der Waals surface area contributed by atoms with Crippen LogP contribution in [0.15, 0.2) is 24.3 Å². The fraction of sp³-hybridized carbons (Fsp3) is 0.524. The summed E-state index contributed by atoms with van der Waals surface area (Å²) in [6.45, 7) is 10.1. The molecule has 0 aliphatic carbocycles. The van der Waals surface area contributed by atoms with Crippen LogP contribution >= 0.6 is 12.4 Å². The molecule has 1 aliphatic rings. The van der Waals surface area contributed by atoms with Crippen molar-refractivity contribution in [3.8, 4) is 5.75 Å². The normalized spacial score (nSPS) is 15.1. The Labute approximate surface area is 168 Å². The number of methoxy groups -OCH3 is 1. The molecule has 1 saturated heterocycles. The molecule has 1 amide bonds. The molecular formula is C21H30ClN3O2. The van der Waals surface area contributed by atoms with Crippen LogP contribution in [0.1, 0.15) is 42.7 Å². The summed E-state index contributed by atoms with van der Waals surface area (Å²) in [7, 11) is 1.64. The van der Waals surface area contributed by atoms with Gasteiger partial charge in [0.2, 0.25) is 0 Å². The van der Waals surface area contributed by atoms with Gasteiger partial charge in [0.25, 0.3) is 5.91 Å². The number of nitrogens with zero attached hydrogens (tertiary/aromatic N) is 3. The van der Waals surface area contributed by atoms with Gasteiger partial charge in [0.15, 0.2) is 0 Å². The summed E-state index contributed by atoms with van der Waals surface area (Å²) in [4.78, 5) is 22.2. The molecule has 1 fully saturated rings. The average molecular weight is 392 g/mol. The fourth-order valence-electron chi connectivity index (χ4n) is 3.99. The first-order valence-electron chi connectivity index (χ1n) is 9.56. The third-order valence-electron chi connectivity index (χ3n) is 5.53. The third-order valence-corrected chi connectivity index (χ3v) is 5.53. The van der Waals surface area contributed by atoms with Gasteiger partial charge in [-0.15, -0.1) is 12.4 Å². The summed E-state index contributed by atoms with van der Waals surface area (Å²) in [6, 6.07) is 8.36. The quantitative estimate of drug-likeness (QED) is 0.774. The van der Waals surface area contributed by atoms with E-state index in [0.29, 0.717) is 11.6 Å². The van der Waals surface area contributed by atoms with Gasteiger partial charge < -0.3 is 14.5 Å². The third kappa shape index (κ3) is 4.36. The first-order valence-corrected chi connectivity index (χ1v) is 9.56. The van der Waals surface area contributed by atoms with Gasteiger partial charge >= 0.3 is 0 Å². The van der Waals surface area contributed by atoms with Crippen molar-refractivity contribution in [2.45, 2.75) is 39.7 Å². The van der Waals surface area contributed by atoms with E-state index in [1.165, 1.54) is 0 Å². The summed E-state index contributed by atoms with van der Waals surface area (Å²) < 4.78 is 5.39. The number of aromatic nitrogens is 1. The molecule has 0 N–H and O–H groups in total. The van der Waals surface area contributed by atoms with Crippen molar-refractivity contribution >= 4 is 29.2 Å². The minimum absolute atomic E-state index is 0. The number of carbonyl (C=O) groups excluding carboxylic acids is 1. The molecule has 0 radical (unpaired) electrons. The molecular weight excluding hydrogens is 362 g/mol. The Hall–Kier alpha value is -1.85. The van der Waals surface area contributed by atoms with Crippen molar-refractivity contribution in [2.75, 3.05) is 33.3 Å². The number of benzene rings is 1. The Kier molecular flexibility index (Phi) is 7.45. The van der Waals surface area contributed by atoms with Gasteiger partial charge in [0.05, 0.1) is 18.4 Å². The average Bonchev–Trinajstić information content (AvgIpc) is 2.68. The van der Waals surface area contributed by atoms with Gasteiger partial charge in [-0.3, -0.25) is 4.79 Å². The van der Waals surface area contributed by atoms with Crippen LogP contribution in [-0.4, -0.2) is 60.0 Å². The van der Waals surface area contributed by atoms with Crippen molar-refractivity contribution in [1.82, 2.24) is 14.8 Å². The van der Waals surface area contributed by atoms with Crippen molar-refractivity contribution < 1.29 is 9.53 Å². The molecule has 6 heteroatoms. The highest BCUT2D eigenvalue weighted by atomic mass is 35.5. The van der Waals surface area contributed by atoms with Crippen molar-refractivity contribution in [3.63, 3.8) is 0 Å². The zero-order chi connectivity index (χ0) is 18.7. The number of amides is 1. The predicted octanol–water partition coefficient (Wildman–Crippen LogP) is 3.92. The molecule has 0 bridgehead atoms. The number of pyridine rings is 1. The Morgan fingerprint density at radius 1 is 1.26 bits per heavy atom. The number of fused-ring (bicyclic) bond motifs is 1. The molecule has 5 nitrogen and oxygen atoms in total. The molecule has 0 unspecified atom stereocenters. The molecule has 1 aliphatic heterocycles. The minimum atomic E-state index is 0. The Morgan fingerprint density at radius 2 is 1.93 bits per heavy atom. The van der Waals surface area contributed by atoms with Crippen LogP contribution < -0.4 is 4.74 Å². The Balaban J connectivity index is 0.00000261. The van der Waals surface area contributed by atoms with Gasteiger partial charge in [-0.2, -0.15) is 0 Å². The molecule has 0 saturated carbocycles. The molecule has 1 aromatic carbocycles. The number of carbonyl (C=O) groups is 1. The number of hydrogen-bond acceptors (Lipinski definition) is 4. The highest BCUT2D eigenvalue weighted by Crippen LogP contribution is 2.27. The summed E-state index contributed by atoms with van der Waals surface area (Å²) in [5.74, 6) is 0.836. The van der Waals surface area contributed by atoms with Crippen LogP contribution in [0.3, 0.4) is 0 Å². The van der Waals surface area contributed by atoms with E-state index in [0.717, 1.165) is 61.4 Å². The van der Waals surface area contributed by atoms with E-state index in [1.54, 1.807) is 7.11 Å². The summed E-state index contributed by atoms with van der Waals surface area (Å²) in [5, 5.41) is 0.941. The second-order valence-corrected chi connectivity index (χ2v) is 6.90. The second-order valence-electron chi connectivity index (χ2n) is 6.90. The standard InChI is InChI=1S/C21H29N3O2.ClH/c1-5-23(6-2)17-10-12-24(13-11-17)21(25)18-14-16-8-7-9-19(26-4)20(16)22-15(18)3;/h7-9,14,17H,5-6,10-13H2,1-4H3;1H. The van der Waals surface area contributed by atoms with E-state index in [9.17, 15) is 4.79 Å². The maximum atomic E-state index is 13.1. The number of ether oxygens (including phenoxy) is 1. The largest absolute Gasteiger partial charge is 0.494 e. The number of halogens is 1. The Morgan fingerprint density at radius 3 is 2.52 bits per heavy atom. The number of aryl methyl sites for hydroxylation is 1. The molecule has 148 valence electrons. The number of rotatable bonds is 5. The molecule has 2 heterocycles. The lowest BCUT2D eigenvalue weighted by molar-refractivity contribution is 0.0630. The van der Waals surface area contributed by atoms with Crippen LogP contribution in [0.5, 0.6) is 5.75 Å². The molecule has 27 heavy (non-hydrogen) atoms. The van der Waals surface area contributed by atoms with E-state index < -0.39 is 0 Å². The molecule has 2 aromatic rings. The van der Waals surface area contributed by atoms with E-state index >= 15 is 0 Å². The van der Waals surface area contributed by atoms with Crippen molar-refractivity contribution in [2.24, 2.45) is 0 Å². The number of para-hydroxylation sites is 1. The fourth-order valence-corrected chi connectivity index (χ4v) is 3.99. The summed E-state index contributed by atoms with van der Waals surface area (Å²) in [5.41, 5.74) is 2.27. The zero-order valence-electron chi connectivity index (χ0n) is 16.7. The minimum Gasteiger partial charge on any atom is -0.494 e. The van der Waals surface area contributed by atoms with Gasteiger partial charge in [0.1, 0.15) is 11.3 Å². The lowest BCUT2D eigenvalue weighted by atomic mass is 10.0. The van der Waals surface area contributed by atoms with Gasteiger partial charge in [-0.05, 0) is 45.0 Å². The number of likely N-dealkylation sites (tertiary alicyclic amines) is 1. The zero-order valence-corrected chi connectivity index (χ0v) is 17.5. The number of piperidine rings is 1. The van der Waals surface area contributed by atoms with E-state index in [4.69, 9.17) is 4.74 Å². The molecule has 0 spiro atoms. The lowest BCUT2D eigenvalue weighted by Crippen LogP contribution is -2.46. The van der Waals surface area contributed by atoms with Gasteiger partial charge in [0, 0.05) is 24.5 Å². The second kappa shape index (κ2) is 9.38. The van der Waals surface area contributed by atoms with E-state index in [2.05, 4.69) is 23.7 Å².